The van der Waals surface area contributed by atoms with Gasteiger partial charge in [0, 0.05) is 13.0 Å². The Morgan fingerprint density at radius 1 is 1.18 bits per heavy atom. The van der Waals surface area contributed by atoms with Crippen LogP contribution in [0, 0.1) is 0 Å². The summed E-state index contributed by atoms with van der Waals surface area (Å²) in [5.74, 6) is 0.456. The summed E-state index contributed by atoms with van der Waals surface area (Å²) in [6, 6.07) is 9.90. The lowest BCUT2D eigenvalue weighted by Gasteiger charge is -2.03. The van der Waals surface area contributed by atoms with Crippen molar-refractivity contribution in [3.8, 4) is 0 Å². The minimum Gasteiger partial charge on any atom is -0.396 e. The summed E-state index contributed by atoms with van der Waals surface area (Å²) in [5.41, 5.74) is 13.9. The third kappa shape index (κ3) is 2.39. The zero-order valence-corrected chi connectivity index (χ0v) is 9.50. The van der Waals surface area contributed by atoms with Crippen LogP contribution < -0.4 is 11.5 Å². The lowest BCUT2D eigenvalue weighted by molar-refractivity contribution is 0.298. The van der Waals surface area contributed by atoms with Crippen LogP contribution in [0.2, 0.25) is 0 Å². The molecule has 0 amide bonds. The molecule has 5 heteroatoms. The fraction of sp³-hybridized carbons (Fsp3) is 0.250. The summed E-state index contributed by atoms with van der Waals surface area (Å²) >= 11 is 0. The van der Waals surface area contributed by atoms with Crippen molar-refractivity contribution < 1.29 is 5.11 Å². The van der Waals surface area contributed by atoms with E-state index in [2.05, 4.69) is 5.10 Å². The molecule has 5 N–H and O–H groups in total. The number of benzene rings is 1. The largest absolute Gasteiger partial charge is 0.396 e. The zero-order valence-electron chi connectivity index (χ0n) is 9.50. The van der Waals surface area contributed by atoms with Gasteiger partial charge in [0.2, 0.25) is 0 Å². The van der Waals surface area contributed by atoms with E-state index in [1.807, 2.05) is 30.3 Å². The second kappa shape index (κ2) is 4.88. The first-order valence-electron chi connectivity index (χ1n) is 5.47. The number of nitrogens with two attached hydrogens (primary N) is 2. The molecule has 1 heterocycles. The Kier molecular flexibility index (Phi) is 3.30. The van der Waals surface area contributed by atoms with Gasteiger partial charge in [0.05, 0.1) is 17.9 Å². The summed E-state index contributed by atoms with van der Waals surface area (Å²) in [4.78, 5) is 0. The Morgan fingerprint density at radius 2 is 1.88 bits per heavy atom. The van der Waals surface area contributed by atoms with E-state index in [0.717, 1.165) is 5.56 Å². The first-order valence-corrected chi connectivity index (χ1v) is 5.47. The average molecular weight is 232 g/mol. The highest BCUT2D eigenvalue weighted by molar-refractivity contribution is 5.62. The van der Waals surface area contributed by atoms with Crippen LogP contribution in [0.5, 0.6) is 0 Å². The normalized spacial score (nSPS) is 10.6. The molecule has 0 saturated carbocycles. The average Bonchev–Trinajstić information content (AvgIpc) is 2.60. The smallest absolute Gasteiger partial charge is 0.145 e. The fourth-order valence-corrected chi connectivity index (χ4v) is 1.71. The van der Waals surface area contributed by atoms with Crippen LogP contribution in [-0.4, -0.2) is 21.5 Å². The van der Waals surface area contributed by atoms with Crippen molar-refractivity contribution in [3.63, 3.8) is 0 Å². The molecule has 90 valence electrons. The van der Waals surface area contributed by atoms with E-state index in [0.29, 0.717) is 30.2 Å². The van der Waals surface area contributed by atoms with Gasteiger partial charge in [0.15, 0.2) is 0 Å². The van der Waals surface area contributed by atoms with E-state index in [1.54, 1.807) is 4.68 Å². The van der Waals surface area contributed by atoms with Crippen molar-refractivity contribution in [2.45, 2.75) is 13.0 Å². The van der Waals surface area contributed by atoms with Crippen LogP contribution in [0.1, 0.15) is 11.3 Å². The van der Waals surface area contributed by atoms with Gasteiger partial charge in [0.25, 0.3) is 0 Å². The summed E-state index contributed by atoms with van der Waals surface area (Å²) in [5, 5.41) is 13.2. The first-order chi connectivity index (χ1) is 8.22. The molecule has 5 nitrogen and oxygen atoms in total. The SMILES string of the molecule is Nc1c(CCO)nn(Cc2ccccc2)c1N. The minimum atomic E-state index is 0.0198. The van der Waals surface area contributed by atoms with Crippen molar-refractivity contribution >= 4 is 11.5 Å². The summed E-state index contributed by atoms with van der Waals surface area (Å²) in [6.07, 6.45) is 0.428. The molecule has 0 aliphatic carbocycles. The molecule has 17 heavy (non-hydrogen) atoms. The van der Waals surface area contributed by atoms with Gasteiger partial charge in [-0.05, 0) is 5.56 Å². The molecule has 0 saturated heterocycles. The van der Waals surface area contributed by atoms with Crippen LogP contribution in [0.15, 0.2) is 30.3 Å². The Hall–Kier alpha value is -2.01. The Morgan fingerprint density at radius 3 is 2.53 bits per heavy atom. The number of anilines is 2. The predicted molar refractivity (Wildman–Crippen MR) is 67.4 cm³/mol. The number of aliphatic hydroxyl groups is 1. The highest BCUT2D eigenvalue weighted by atomic mass is 16.3. The predicted octanol–water partition coefficient (Wildman–Crippen LogP) is 0.631. The molecule has 0 aliphatic rings. The van der Waals surface area contributed by atoms with Gasteiger partial charge in [-0.3, -0.25) is 0 Å². The fourth-order valence-electron chi connectivity index (χ4n) is 1.71. The van der Waals surface area contributed by atoms with Gasteiger partial charge >= 0.3 is 0 Å². The maximum absolute atomic E-state index is 8.89. The van der Waals surface area contributed by atoms with Crippen LogP contribution >= 0.6 is 0 Å². The summed E-state index contributed by atoms with van der Waals surface area (Å²) in [7, 11) is 0. The van der Waals surface area contributed by atoms with Gasteiger partial charge in [0.1, 0.15) is 5.82 Å². The lowest BCUT2D eigenvalue weighted by atomic mass is 10.2. The van der Waals surface area contributed by atoms with Gasteiger partial charge < -0.3 is 16.6 Å². The third-order valence-electron chi connectivity index (χ3n) is 2.63. The quantitative estimate of drug-likeness (QED) is 0.721. The van der Waals surface area contributed by atoms with E-state index in [-0.39, 0.29) is 6.61 Å². The molecule has 0 radical (unpaired) electrons. The van der Waals surface area contributed by atoms with Crippen molar-refractivity contribution in [3.05, 3.63) is 41.6 Å². The number of nitrogen functional groups attached to an aromatic ring is 2. The highest BCUT2D eigenvalue weighted by Crippen LogP contribution is 2.20. The van der Waals surface area contributed by atoms with Crippen molar-refractivity contribution in [2.24, 2.45) is 0 Å². The van der Waals surface area contributed by atoms with Crippen LogP contribution in [-0.2, 0) is 13.0 Å². The third-order valence-corrected chi connectivity index (χ3v) is 2.63. The van der Waals surface area contributed by atoms with E-state index >= 15 is 0 Å². The molecular formula is C12H16N4O. The van der Waals surface area contributed by atoms with E-state index in [9.17, 15) is 0 Å². The van der Waals surface area contributed by atoms with Gasteiger partial charge in [-0.25, -0.2) is 4.68 Å². The topological polar surface area (TPSA) is 90.1 Å². The van der Waals surface area contributed by atoms with E-state index in [1.165, 1.54) is 0 Å². The Balaban J connectivity index is 2.25. The number of nitrogens with zero attached hydrogens (tertiary/aromatic N) is 2. The molecule has 0 bridgehead atoms. The van der Waals surface area contributed by atoms with E-state index in [4.69, 9.17) is 16.6 Å². The van der Waals surface area contributed by atoms with Gasteiger partial charge in [-0.15, -0.1) is 0 Å². The minimum absolute atomic E-state index is 0.0198. The number of aliphatic hydroxyl groups excluding tert-OH is 1. The standard InChI is InChI=1S/C12H16N4O/c13-11-10(6-7-17)15-16(12(11)14)8-9-4-2-1-3-5-9/h1-5,17H,6-8,13-14H2. The molecule has 2 aromatic rings. The van der Waals surface area contributed by atoms with Crippen LogP contribution in [0.3, 0.4) is 0 Å². The molecule has 0 spiro atoms. The number of hydrogen-bond acceptors (Lipinski definition) is 4. The second-order valence-electron chi connectivity index (χ2n) is 3.86. The van der Waals surface area contributed by atoms with Crippen LogP contribution in [0.4, 0.5) is 11.5 Å². The number of aromatic nitrogens is 2. The molecule has 1 aromatic heterocycles. The van der Waals surface area contributed by atoms with Crippen molar-refractivity contribution in [2.75, 3.05) is 18.1 Å². The van der Waals surface area contributed by atoms with E-state index < -0.39 is 0 Å². The first kappa shape index (κ1) is 11.5. The Bertz CT molecular complexity index is 493. The van der Waals surface area contributed by atoms with Crippen molar-refractivity contribution in [1.29, 1.82) is 0 Å². The molecule has 0 atom stereocenters. The second-order valence-corrected chi connectivity index (χ2v) is 3.86. The summed E-state index contributed by atoms with van der Waals surface area (Å²) in [6.45, 7) is 0.605. The zero-order chi connectivity index (χ0) is 12.3. The van der Waals surface area contributed by atoms with Crippen LogP contribution in [0.25, 0.3) is 0 Å². The van der Waals surface area contributed by atoms with Crippen molar-refractivity contribution in [1.82, 2.24) is 9.78 Å². The Labute approximate surface area is 99.7 Å². The molecule has 0 aliphatic heterocycles. The lowest BCUT2D eigenvalue weighted by Crippen LogP contribution is -2.06. The molecule has 0 unspecified atom stereocenters. The monoisotopic (exact) mass is 232 g/mol. The highest BCUT2D eigenvalue weighted by Gasteiger charge is 2.12. The number of rotatable bonds is 4. The van der Waals surface area contributed by atoms with Gasteiger partial charge in [-0.1, -0.05) is 30.3 Å². The molecule has 2 rings (SSSR count). The maximum atomic E-state index is 8.89. The maximum Gasteiger partial charge on any atom is 0.145 e. The molecule has 0 fully saturated rings. The number of hydrogen-bond donors (Lipinski definition) is 3. The molecular weight excluding hydrogens is 216 g/mol. The van der Waals surface area contributed by atoms with Gasteiger partial charge in [-0.2, -0.15) is 5.10 Å². The molecule has 1 aromatic carbocycles. The summed E-state index contributed by atoms with van der Waals surface area (Å²) < 4.78 is 1.66.